The number of rotatable bonds is 6. The van der Waals surface area contributed by atoms with Crippen molar-refractivity contribution in [3.8, 4) is 0 Å². The number of benzene rings is 1. The highest BCUT2D eigenvalue weighted by molar-refractivity contribution is 7.89. The number of nitrogens with one attached hydrogen (secondary N) is 2. The van der Waals surface area contributed by atoms with Gasteiger partial charge in [-0.3, -0.25) is 4.98 Å². The standard InChI is InChI=1S/C15H18N4O3S/c16-23(21,22)14-5-3-13(4-6-14)11-19-15(20)18-9-7-12-2-1-8-17-10-12/h1-6,8,10H,7,9,11H2,(H2,16,21,22)(H2,18,19,20). The molecule has 0 unspecified atom stereocenters. The maximum atomic E-state index is 11.7. The van der Waals surface area contributed by atoms with E-state index in [9.17, 15) is 13.2 Å². The van der Waals surface area contributed by atoms with Gasteiger partial charge in [-0.15, -0.1) is 0 Å². The average molecular weight is 334 g/mol. The summed E-state index contributed by atoms with van der Waals surface area (Å²) in [5.41, 5.74) is 1.83. The van der Waals surface area contributed by atoms with Crippen molar-refractivity contribution >= 4 is 16.1 Å². The third-order valence-corrected chi connectivity index (χ3v) is 4.06. The SMILES string of the molecule is NS(=O)(=O)c1ccc(CNC(=O)NCCc2cccnc2)cc1. The maximum Gasteiger partial charge on any atom is 0.315 e. The first kappa shape index (κ1) is 16.9. The molecule has 122 valence electrons. The summed E-state index contributed by atoms with van der Waals surface area (Å²) in [5.74, 6) is 0. The van der Waals surface area contributed by atoms with Crippen LogP contribution in [0.5, 0.6) is 0 Å². The normalized spacial score (nSPS) is 11.0. The van der Waals surface area contributed by atoms with E-state index < -0.39 is 10.0 Å². The maximum absolute atomic E-state index is 11.7. The molecule has 8 heteroatoms. The van der Waals surface area contributed by atoms with E-state index in [2.05, 4.69) is 15.6 Å². The number of aromatic nitrogens is 1. The smallest absolute Gasteiger partial charge is 0.315 e. The van der Waals surface area contributed by atoms with E-state index in [0.29, 0.717) is 19.5 Å². The van der Waals surface area contributed by atoms with Crippen molar-refractivity contribution in [2.24, 2.45) is 5.14 Å². The summed E-state index contributed by atoms with van der Waals surface area (Å²) in [6.07, 6.45) is 4.15. The van der Waals surface area contributed by atoms with Gasteiger partial charge >= 0.3 is 6.03 Å². The second kappa shape index (κ2) is 7.70. The number of sulfonamides is 1. The van der Waals surface area contributed by atoms with Gasteiger partial charge < -0.3 is 10.6 Å². The Morgan fingerprint density at radius 1 is 1.09 bits per heavy atom. The van der Waals surface area contributed by atoms with Crippen LogP contribution in [0.1, 0.15) is 11.1 Å². The molecule has 0 bridgehead atoms. The van der Waals surface area contributed by atoms with Crippen molar-refractivity contribution in [3.63, 3.8) is 0 Å². The lowest BCUT2D eigenvalue weighted by Gasteiger charge is -2.08. The van der Waals surface area contributed by atoms with Crippen LogP contribution >= 0.6 is 0 Å². The fourth-order valence-electron chi connectivity index (χ4n) is 1.91. The zero-order chi connectivity index (χ0) is 16.7. The molecular weight excluding hydrogens is 316 g/mol. The molecule has 1 aromatic heterocycles. The molecule has 1 heterocycles. The van der Waals surface area contributed by atoms with Crippen molar-refractivity contribution in [2.45, 2.75) is 17.9 Å². The summed E-state index contributed by atoms with van der Waals surface area (Å²) < 4.78 is 22.3. The van der Waals surface area contributed by atoms with Gasteiger partial charge in [0, 0.05) is 25.5 Å². The van der Waals surface area contributed by atoms with E-state index in [0.717, 1.165) is 11.1 Å². The first-order valence-electron chi connectivity index (χ1n) is 6.97. The Morgan fingerprint density at radius 3 is 2.43 bits per heavy atom. The van der Waals surface area contributed by atoms with E-state index in [1.807, 2.05) is 12.1 Å². The summed E-state index contributed by atoms with van der Waals surface area (Å²) in [6.45, 7) is 0.797. The van der Waals surface area contributed by atoms with Crippen molar-refractivity contribution in [2.75, 3.05) is 6.54 Å². The molecule has 2 amide bonds. The molecule has 0 spiro atoms. The van der Waals surface area contributed by atoms with Crippen molar-refractivity contribution in [1.82, 2.24) is 15.6 Å². The van der Waals surface area contributed by atoms with E-state index in [-0.39, 0.29) is 10.9 Å². The highest BCUT2D eigenvalue weighted by Crippen LogP contribution is 2.08. The minimum atomic E-state index is -3.69. The molecule has 4 N–H and O–H groups in total. The summed E-state index contributed by atoms with van der Waals surface area (Å²) in [4.78, 5) is 15.7. The largest absolute Gasteiger partial charge is 0.338 e. The summed E-state index contributed by atoms with van der Waals surface area (Å²) in [6, 6.07) is 9.54. The lowest BCUT2D eigenvalue weighted by molar-refractivity contribution is 0.240. The lowest BCUT2D eigenvalue weighted by Crippen LogP contribution is -2.36. The monoisotopic (exact) mass is 334 g/mol. The summed E-state index contributed by atoms with van der Waals surface area (Å²) in [5, 5.41) is 10.5. The predicted molar refractivity (Wildman–Crippen MR) is 86.0 cm³/mol. The Morgan fingerprint density at radius 2 is 1.83 bits per heavy atom. The number of carbonyl (C=O) groups excluding carboxylic acids is 1. The van der Waals surface area contributed by atoms with Crippen LogP contribution in [0.2, 0.25) is 0 Å². The number of urea groups is 1. The van der Waals surface area contributed by atoms with Gasteiger partial charge in [0.05, 0.1) is 4.90 Å². The van der Waals surface area contributed by atoms with Gasteiger partial charge in [0.25, 0.3) is 0 Å². The number of carbonyl (C=O) groups is 1. The fraction of sp³-hybridized carbons (Fsp3) is 0.200. The van der Waals surface area contributed by atoms with E-state index >= 15 is 0 Å². The van der Waals surface area contributed by atoms with Gasteiger partial charge in [0.15, 0.2) is 0 Å². The zero-order valence-corrected chi connectivity index (χ0v) is 13.2. The quantitative estimate of drug-likeness (QED) is 0.724. The molecule has 0 aliphatic heterocycles. The number of hydrogen-bond donors (Lipinski definition) is 3. The lowest BCUT2D eigenvalue weighted by atomic mass is 10.2. The van der Waals surface area contributed by atoms with Crippen LogP contribution in [0.25, 0.3) is 0 Å². The minimum absolute atomic E-state index is 0.0437. The number of hydrogen-bond acceptors (Lipinski definition) is 4. The molecule has 7 nitrogen and oxygen atoms in total. The molecule has 0 saturated heterocycles. The second-order valence-corrected chi connectivity index (χ2v) is 6.47. The van der Waals surface area contributed by atoms with Gasteiger partial charge in [-0.1, -0.05) is 18.2 Å². The Labute approximate surface area is 135 Å². The van der Waals surface area contributed by atoms with E-state index in [4.69, 9.17) is 5.14 Å². The number of nitrogens with two attached hydrogens (primary N) is 1. The topological polar surface area (TPSA) is 114 Å². The molecule has 2 aromatic rings. The van der Waals surface area contributed by atoms with Gasteiger partial charge in [0.1, 0.15) is 0 Å². The highest BCUT2D eigenvalue weighted by atomic mass is 32.2. The van der Waals surface area contributed by atoms with Crippen molar-refractivity contribution < 1.29 is 13.2 Å². The molecule has 0 aliphatic carbocycles. The number of nitrogens with zero attached hydrogens (tertiary/aromatic N) is 1. The Bertz CT molecular complexity index is 746. The van der Waals surface area contributed by atoms with Crippen LogP contribution in [-0.2, 0) is 23.0 Å². The Hall–Kier alpha value is -2.45. The van der Waals surface area contributed by atoms with Crippen LogP contribution in [-0.4, -0.2) is 26.0 Å². The molecule has 2 rings (SSSR count). The summed E-state index contributed by atoms with van der Waals surface area (Å²) >= 11 is 0. The number of amides is 2. The Balaban J connectivity index is 1.74. The number of pyridine rings is 1. The first-order chi connectivity index (χ1) is 10.9. The molecule has 0 fully saturated rings. The molecule has 0 atom stereocenters. The van der Waals surface area contributed by atoms with Gasteiger partial charge in [-0.2, -0.15) is 0 Å². The molecule has 1 aromatic carbocycles. The molecule has 0 radical (unpaired) electrons. The molecular formula is C15H18N4O3S. The van der Waals surface area contributed by atoms with Crippen molar-refractivity contribution in [3.05, 3.63) is 59.9 Å². The fourth-order valence-corrected chi connectivity index (χ4v) is 2.42. The third-order valence-electron chi connectivity index (χ3n) is 3.13. The van der Waals surface area contributed by atoms with Gasteiger partial charge in [-0.05, 0) is 35.7 Å². The van der Waals surface area contributed by atoms with Crippen LogP contribution in [0, 0.1) is 0 Å². The summed E-state index contributed by atoms with van der Waals surface area (Å²) in [7, 11) is -3.69. The molecule has 0 aliphatic rings. The highest BCUT2D eigenvalue weighted by Gasteiger charge is 2.07. The Kier molecular flexibility index (Phi) is 5.67. The van der Waals surface area contributed by atoms with E-state index in [1.54, 1.807) is 24.5 Å². The average Bonchev–Trinajstić information content (AvgIpc) is 2.53. The van der Waals surface area contributed by atoms with Gasteiger partial charge in [0.2, 0.25) is 10.0 Å². The van der Waals surface area contributed by atoms with Crippen molar-refractivity contribution in [1.29, 1.82) is 0 Å². The van der Waals surface area contributed by atoms with Crippen LogP contribution in [0.4, 0.5) is 4.79 Å². The van der Waals surface area contributed by atoms with Crippen LogP contribution < -0.4 is 15.8 Å². The van der Waals surface area contributed by atoms with E-state index in [1.165, 1.54) is 12.1 Å². The zero-order valence-electron chi connectivity index (χ0n) is 12.4. The van der Waals surface area contributed by atoms with Crippen LogP contribution in [0.15, 0.2) is 53.7 Å². The molecule has 0 saturated carbocycles. The third kappa shape index (κ3) is 5.68. The predicted octanol–water partition coefficient (Wildman–Crippen LogP) is 0.771. The number of primary sulfonamides is 1. The first-order valence-corrected chi connectivity index (χ1v) is 8.52. The molecule has 23 heavy (non-hydrogen) atoms. The van der Waals surface area contributed by atoms with Gasteiger partial charge in [-0.25, -0.2) is 18.4 Å². The second-order valence-electron chi connectivity index (χ2n) is 4.91. The van der Waals surface area contributed by atoms with Crippen LogP contribution in [0.3, 0.4) is 0 Å². The minimum Gasteiger partial charge on any atom is -0.338 e.